The number of hydrogen-bond donors (Lipinski definition) is 1. The molecule has 14 heavy (non-hydrogen) atoms. The maximum absolute atomic E-state index is 9.37. The van der Waals surface area contributed by atoms with Gasteiger partial charge in [0.2, 0.25) is 0 Å². The van der Waals surface area contributed by atoms with Crippen molar-refractivity contribution in [2.45, 2.75) is 6.92 Å². The zero-order chi connectivity index (χ0) is 10.6. The molecule has 0 aromatic heterocycles. The Balaban J connectivity index is 3.23. The smallest absolute Gasteiger partial charge is 0.126 e. The average molecular weight is 190 g/mol. The lowest BCUT2D eigenvalue weighted by Crippen LogP contribution is -1.92. The van der Waals surface area contributed by atoms with Crippen LogP contribution in [-0.2, 0) is 0 Å². The molecular formula is C12H14O2. The maximum Gasteiger partial charge on any atom is 0.126 e. The van der Waals surface area contributed by atoms with E-state index < -0.39 is 0 Å². The first-order chi connectivity index (χ1) is 6.70. The van der Waals surface area contributed by atoms with E-state index in [0.717, 1.165) is 11.3 Å². The number of aliphatic hydroxyl groups is 1. The van der Waals surface area contributed by atoms with E-state index in [2.05, 4.69) is 6.58 Å². The van der Waals surface area contributed by atoms with E-state index in [9.17, 15) is 5.11 Å². The van der Waals surface area contributed by atoms with Crippen LogP contribution in [0.15, 0.2) is 42.7 Å². The summed E-state index contributed by atoms with van der Waals surface area (Å²) in [5.41, 5.74) is 1.55. The summed E-state index contributed by atoms with van der Waals surface area (Å²) in [5, 5.41) is 9.37. The molecule has 0 aliphatic carbocycles. The van der Waals surface area contributed by atoms with Crippen LogP contribution in [0.2, 0.25) is 0 Å². The summed E-state index contributed by atoms with van der Waals surface area (Å²) in [6, 6.07) is 7.51. The van der Waals surface area contributed by atoms with E-state index in [1.807, 2.05) is 31.2 Å². The van der Waals surface area contributed by atoms with Crippen LogP contribution in [0.5, 0.6) is 5.75 Å². The molecule has 74 valence electrons. The molecular weight excluding hydrogens is 176 g/mol. The van der Waals surface area contributed by atoms with Crippen molar-refractivity contribution in [1.82, 2.24) is 0 Å². The van der Waals surface area contributed by atoms with Crippen LogP contribution in [0.3, 0.4) is 0 Å². The third-order valence-corrected chi connectivity index (χ3v) is 2.00. The summed E-state index contributed by atoms with van der Waals surface area (Å²) < 4.78 is 5.19. The molecule has 0 amide bonds. The molecule has 0 radical (unpaired) electrons. The van der Waals surface area contributed by atoms with Crippen LogP contribution in [0.1, 0.15) is 12.5 Å². The Labute approximate surface area is 84.1 Å². The van der Waals surface area contributed by atoms with Gasteiger partial charge in [-0.05, 0) is 13.0 Å². The summed E-state index contributed by atoms with van der Waals surface area (Å²) in [5.74, 6) is 0.785. The number of rotatable bonds is 3. The number of aliphatic hydroxyl groups excluding tert-OH is 1. The molecule has 1 rings (SSSR count). The molecule has 0 atom stereocenters. The van der Waals surface area contributed by atoms with Gasteiger partial charge in [-0.15, -0.1) is 0 Å². The Kier molecular flexibility index (Phi) is 3.35. The van der Waals surface area contributed by atoms with Gasteiger partial charge in [0.05, 0.1) is 7.11 Å². The third kappa shape index (κ3) is 1.96. The monoisotopic (exact) mass is 190 g/mol. The quantitative estimate of drug-likeness (QED) is 0.586. The summed E-state index contributed by atoms with van der Waals surface area (Å²) in [6.07, 6.45) is 1.81. The molecule has 1 aromatic carbocycles. The summed E-state index contributed by atoms with van der Waals surface area (Å²) >= 11 is 0. The Morgan fingerprint density at radius 3 is 2.57 bits per heavy atom. The molecule has 0 saturated heterocycles. The molecule has 1 aromatic rings. The number of ether oxygens (including phenoxy) is 1. The van der Waals surface area contributed by atoms with Crippen molar-refractivity contribution in [3.8, 4) is 5.75 Å². The lowest BCUT2D eigenvalue weighted by molar-refractivity contribution is 0.411. The zero-order valence-corrected chi connectivity index (χ0v) is 8.45. The predicted octanol–water partition coefficient (Wildman–Crippen LogP) is 3.17. The van der Waals surface area contributed by atoms with Gasteiger partial charge in [-0.25, -0.2) is 0 Å². The first-order valence-electron chi connectivity index (χ1n) is 4.38. The lowest BCUT2D eigenvalue weighted by atomic mass is 10.0. The van der Waals surface area contributed by atoms with Gasteiger partial charge in [0.15, 0.2) is 0 Å². The first-order valence-corrected chi connectivity index (χ1v) is 4.38. The van der Waals surface area contributed by atoms with Crippen molar-refractivity contribution in [2.75, 3.05) is 7.11 Å². The Hall–Kier alpha value is -1.70. The van der Waals surface area contributed by atoms with Crippen molar-refractivity contribution in [2.24, 2.45) is 0 Å². The number of methoxy groups -OCH3 is 1. The van der Waals surface area contributed by atoms with Crippen molar-refractivity contribution < 1.29 is 9.84 Å². The number of para-hydroxylation sites is 1. The third-order valence-electron chi connectivity index (χ3n) is 2.00. The van der Waals surface area contributed by atoms with Gasteiger partial charge in [0.1, 0.15) is 11.5 Å². The minimum atomic E-state index is 0.0528. The molecule has 2 nitrogen and oxygen atoms in total. The standard InChI is InChI=1S/C12H14O2/c1-4-10(9(2)13)11-7-5-6-8-12(11)14-3/h4-8,13H,2H2,1,3H3/b10-4+. The van der Waals surface area contributed by atoms with Crippen LogP contribution in [-0.4, -0.2) is 12.2 Å². The van der Waals surface area contributed by atoms with Crippen molar-refractivity contribution >= 4 is 5.57 Å². The van der Waals surface area contributed by atoms with Crippen molar-refractivity contribution in [3.05, 3.63) is 48.2 Å². The van der Waals surface area contributed by atoms with Gasteiger partial charge >= 0.3 is 0 Å². The highest BCUT2D eigenvalue weighted by molar-refractivity contribution is 5.79. The van der Waals surface area contributed by atoms with Gasteiger partial charge in [-0.1, -0.05) is 30.9 Å². The highest BCUT2D eigenvalue weighted by Gasteiger charge is 2.08. The van der Waals surface area contributed by atoms with Gasteiger partial charge in [0, 0.05) is 11.1 Å². The molecule has 0 spiro atoms. The predicted molar refractivity (Wildman–Crippen MR) is 58.4 cm³/mol. The van der Waals surface area contributed by atoms with Gasteiger partial charge in [0.25, 0.3) is 0 Å². The highest BCUT2D eigenvalue weighted by Crippen LogP contribution is 2.28. The molecule has 0 unspecified atom stereocenters. The van der Waals surface area contributed by atoms with Gasteiger partial charge in [-0.2, -0.15) is 0 Å². The summed E-state index contributed by atoms with van der Waals surface area (Å²) in [4.78, 5) is 0. The first kappa shape index (κ1) is 10.4. The molecule has 0 aliphatic heterocycles. The van der Waals surface area contributed by atoms with Crippen molar-refractivity contribution in [1.29, 1.82) is 0 Å². The second kappa shape index (κ2) is 4.51. The van der Waals surface area contributed by atoms with Crippen LogP contribution in [0.25, 0.3) is 5.57 Å². The second-order valence-corrected chi connectivity index (χ2v) is 2.85. The lowest BCUT2D eigenvalue weighted by Gasteiger charge is -2.10. The fourth-order valence-corrected chi connectivity index (χ4v) is 1.34. The van der Waals surface area contributed by atoms with Crippen molar-refractivity contribution in [3.63, 3.8) is 0 Å². The largest absolute Gasteiger partial charge is 0.508 e. The van der Waals surface area contributed by atoms with E-state index in [1.165, 1.54) is 0 Å². The molecule has 2 heteroatoms. The average Bonchev–Trinajstić information content (AvgIpc) is 2.19. The summed E-state index contributed by atoms with van der Waals surface area (Å²) in [7, 11) is 1.60. The molecule has 0 fully saturated rings. The van der Waals surface area contributed by atoms with Gasteiger partial charge < -0.3 is 9.84 Å². The molecule has 1 N–H and O–H groups in total. The SMILES string of the molecule is C=C(O)/C(=C\C)c1ccccc1OC. The minimum absolute atomic E-state index is 0.0528. The van der Waals surface area contributed by atoms with Gasteiger partial charge in [-0.3, -0.25) is 0 Å². The number of hydrogen-bond acceptors (Lipinski definition) is 2. The summed E-state index contributed by atoms with van der Waals surface area (Å²) in [6.45, 7) is 5.36. The van der Waals surface area contributed by atoms with E-state index in [1.54, 1.807) is 13.2 Å². The highest BCUT2D eigenvalue weighted by atomic mass is 16.5. The Morgan fingerprint density at radius 1 is 1.43 bits per heavy atom. The van der Waals surface area contributed by atoms with E-state index >= 15 is 0 Å². The minimum Gasteiger partial charge on any atom is -0.508 e. The van der Waals surface area contributed by atoms with Crippen LogP contribution < -0.4 is 4.74 Å². The van der Waals surface area contributed by atoms with E-state index in [0.29, 0.717) is 5.57 Å². The fourth-order valence-electron chi connectivity index (χ4n) is 1.34. The normalized spacial score (nSPS) is 11.1. The van der Waals surface area contributed by atoms with Crippen LogP contribution in [0, 0.1) is 0 Å². The maximum atomic E-state index is 9.37. The van der Waals surface area contributed by atoms with E-state index in [4.69, 9.17) is 4.74 Å². The Morgan fingerprint density at radius 2 is 2.07 bits per heavy atom. The second-order valence-electron chi connectivity index (χ2n) is 2.85. The Bertz CT molecular complexity index is 364. The number of benzene rings is 1. The van der Waals surface area contributed by atoms with Crippen LogP contribution >= 0.6 is 0 Å². The topological polar surface area (TPSA) is 29.5 Å². The number of allylic oxidation sites excluding steroid dienone is 2. The van der Waals surface area contributed by atoms with E-state index in [-0.39, 0.29) is 5.76 Å². The molecule has 0 aliphatic rings. The molecule has 0 saturated carbocycles. The van der Waals surface area contributed by atoms with Crippen LogP contribution in [0.4, 0.5) is 0 Å². The fraction of sp³-hybridized carbons (Fsp3) is 0.167. The molecule has 0 heterocycles. The molecule has 0 bridgehead atoms. The zero-order valence-electron chi connectivity index (χ0n) is 8.45.